The van der Waals surface area contributed by atoms with Crippen molar-refractivity contribution in [2.75, 3.05) is 24.5 Å². The lowest BCUT2D eigenvalue weighted by molar-refractivity contribution is -0.136. The minimum atomic E-state index is 0.00723. The molecule has 3 heterocycles. The molecule has 0 N–H and O–H groups in total. The third kappa shape index (κ3) is 3.26. The number of piperidine rings is 2. The van der Waals surface area contributed by atoms with Gasteiger partial charge in [0.15, 0.2) is 0 Å². The summed E-state index contributed by atoms with van der Waals surface area (Å²) < 4.78 is 4.51. The Morgan fingerprint density at radius 3 is 2.45 bits per heavy atom. The van der Waals surface area contributed by atoms with Crippen LogP contribution < -0.4 is 4.90 Å². The summed E-state index contributed by atoms with van der Waals surface area (Å²) >= 11 is 1.50. The molecule has 2 saturated heterocycles. The van der Waals surface area contributed by atoms with Gasteiger partial charge >= 0.3 is 0 Å². The highest BCUT2D eigenvalue weighted by Gasteiger charge is 2.30. The van der Waals surface area contributed by atoms with E-state index in [2.05, 4.69) is 34.9 Å². The van der Waals surface area contributed by atoms with Crippen molar-refractivity contribution in [1.82, 2.24) is 14.3 Å². The number of hydrogen-bond acceptors (Lipinski definition) is 5. The van der Waals surface area contributed by atoms with E-state index in [0.29, 0.717) is 11.9 Å². The fourth-order valence-corrected chi connectivity index (χ4v) is 4.14. The monoisotopic (exact) mass is 322 g/mol. The van der Waals surface area contributed by atoms with Crippen LogP contribution in [-0.4, -0.2) is 45.8 Å². The summed E-state index contributed by atoms with van der Waals surface area (Å²) in [6.45, 7) is 9.35. The maximum atomic E-state index is 12.1. The maximum Gasteiger partial charge on any atom is 0.222 e. The van der Waals surface area contributed by atoms with E-state index in [1.807, 2.05) is 0 Å². The number of rotatable bonds is 2. The molecule has 0 atom stereocenters. The lowest BCUT2D eigenvalue weighted by Crippen LogP contribution is -2.49. The minimum absolute atomic E-state index is 0.00723. The summed E-state index contributed by atoms with van der Waals surface area (Å²) in [7, 11) is 0. The SMILES string of the molecule is CC(C)(C)c1nsc(N2CCC(N3CCCCC3=O)CC2)n1. The number of amides is 1. The van der Waals surface area contributed by atoms with Crippen LogP contribution in [0.2, 0.25) is 0 Å². The first-order valence-electron chi connectivity index (χ1n) is 8.34. The van der Waals surface area contributed by atoms with E-state index >= 15 is 0 Å². The Balaban J connectivity index is 1.59. The molecule has 1 aromatic rings. The van der Waals surface area contributed by atoms with Gasteiger partial charge in [-0.15, -0.1) is 0 Å². The number of nitrogens with zero attached hydrogens (tertiary/aromatic N) is 4. The molecule has 0 bridgehead atoms. The number of aromatic nitrogens is 2. The Hall–Kier alpha value is -1.17. The number of hydrogen-bond donors (Lipinski definition) is 0. The third-order valence-electron chi connectivity index (χ3n) is 4.62. The van der Waals surface area contributed by atoms with Crippen molar-refractivity contribution in [3.8, 4) is 0 Å². The molecule has 6 heteroatoms. The van der Waals surface area contributed by atoms with Gasteiger partial charge in [-0.1, -0.05) is 20.8 Å². The van der Waals surface area contributed by atoms with E-state index < -0.39 is 0 Å². The van der Waals surface area contributed by atoms with Gasteiger partial charge in [0.25, 0.3) is 0 Å². The molecule has 5 nitrogen and oxygen atoms in total. The first-order chi connectivity index (χ1) is 10.4. The zero-order valence-electron chi connectivity index (χ0n) is 13.8. The van der Waals surface area contributed by atoms with Crippen LogP contribution in [0.25, 0.3) is 0 Å². The van der Waals surface area contributed by atoms with Crippen LogP contribution in [0.4, 0.5) is 5.13 Å². The van der Waals surface area contributed by atoms with Crippen molar-refractivity contribution in [1.29, 1.82) is 0 Å². The molecule has 2 aliphatic rings. The molecule has 1 amide bonds. The van der Waals surface area contributed by atoms with Gasteiger partial charge in [0, 0.05) is 49.0 Å². The quantitative estimate of drug-likeness (QED) is 0.840. The second-order valence-corrected chi connectivity index (χ2v) is 8.14. The molecule has 0 unspecified atom stereocenters. The second-order valence-electron chi connectivity index (χ2n) is 7.41. The fraction of sp³-hybridized carbons (Fsp3) is 0.812. The zero-order chi connectivity index (χ0) is 15.7. The number of anilines is 1. The van der Waals surface area contributed by atoms with Crippen molar-refractivity contribution in [3.05, 3.63) is 5.82 Å². The number of carbonyl (C=O) groups excluding carboxylic acids is 1. The third-order valence-corrected chi connectivity index (χ3v) is 5.40. The molecule has 0 radical (unpaired) electrons. The van der Waals surface area contributed by atoms with Crippen LogP contribution in [0.15, 0.2) is 0 Å². The van der Waals surface area contributed by atoms with Crippen LogP contribution in [0.1, 0.15) is 58.7 Å². The summed E-state index contributed by atoms with van der Waals surface area (Å²) in [6, 6.07) is 0.430. The Morgan fingerprint density at radius 1 is 1.14 bits per heavy atom. The van der Waals surface area contributed by atoms with Crippen LogP contribution in [-0.2, 0) is 10.2 Å². The van der Waals surface area contributed by atoms with Crippen LogP contribution >= 0.6 is 11.5 Å². The van der Waals surface area contributed by atoms with E-state index in [4.69, 9.17) is 4.98 Å². The van der Waals surface area contributed by atoms with E-state index in [1.165, 1.54) is 11.5 Å². The Labute approximate surface area is 136 Å². The van der Waals surface area contributed by atoms with Crippen molar-refractivity contribution >= 4 is 22.6 Å². The van der Waals surface area contributed by atoms with Gasteiger partial charge < -0.3 is 9.80 Å². The lowest BCUT2D eigenvalue weighted by atomic mass is 9.96. The molecule has 122 valence electrons. The first kappa shape index (κ1) is 15.7. The van der Waals surface area contributed by atoms with Gasteiger partial charge in [0.1, 0.15) is 5.82 Å². The van der Waals surface area contributed by atoms with Crippen molar-refractivity contribution in [2.45, 2.75) is 64.3 Å². The molecule has 0 saturated carbocycles. The lowest BCUT2D eigenvalue weighted by Gasteiger charge is -2.40. The van der Waals surface area contributed by atoms with E-state index in [0.717, 1.165) is 62.7 Å². The van der Waals surface area contributed by atoms with Crippen LogP contribution in [0.3, 0.4) is 0 Å². The number of carbonyl (C=O) groups is 1. The molecule has 2 aliphatic heterocycles. The number of likely N-dealkylation sites (tertiary alicyclic amines) is 1. The summed E-state index contributed by atoms with van der Waals surface area (Å²) in [5.41, 5.74) is 0.00723. The molecule has 2 fully saturated rings. The standard InChI is InChI=1S/C16H26N4OS/c1-16(2,3)14-17-15(22-18-14)19-10-7-12(8-11-19)20-9-5-4-6-13(20)21/h12H,4-11H2,1-3H3. The minimum Gasteiger partial charge on any atom is -0.347 e. The fourth-order valence-electron chi connectivity index (χ4n) is 3.23. The average Bonchev–Trinajstić information content (AvgIpc) is 2.98. The molecular formula is C16H26N4OS. The highest BCUT2D eigenvalue weighted by molar-refractivity contribution is 7.09. The summed E-state index contributed by atoms with van der Waals surface area (Å²) in [6.07, 6.45) is 5.07. The average molecular weight is 322 g/mol. The molecule has 0 spiro atoms. The molecule has 22 heavy (non-hydrogen) atoms. The highest BCUT2D eigenvalue weighted by Crippen LogP contribution is 2.29. The van der Waals surface area contributed by atoms with E-state index in [9.17, 15) is 4.79 Å². The normalized spacial score (nSPS) is 21.5. The molecule has 3 rings (SSSR count). The van der Waals surface area contributed by atoms with Crippen LogP contribution in [0.5, 0.6) is 0 Å². The van der Waals surface area contributed by atoms with E-state index in [1.54, 1.807) is 0 Å². The van der Waals surface area contributed by atoms with Gasteiger partial charge in [0.05, 0.1) is 0 Å². The van der Waals surface area contributed by atoms with Gasteiger partial charge in [-0.05, 0) is 25.7 Å². The largest absolute Gasteiger partial charge is 0.347 e. The van der Waals surface area contributed by atoms with Crippen molar-refractivity contribution < 1.29 is 4.79 Å². The first-order valence-corrected chi connectivity index (χ1v) is 9.11. The predicted molar refractivity (Wildman–Crippen MR) is 89.4 cm³/mol. The van der Waals surface area contributed by atoms with Crippen molar-refractivity contribution in [2.24, 2.45) is 0 Å². The molecule has 1 aromatic heterocycles. The molecule has 0 aliphatic carbocycles. The summed E-state index contributed by atoms with van der Waals surface area (Å²) in [5.74, 6) is 1.29. The topological polar surface area (TPSA) is 49.3 Å². The summed E-state index contributed by atoms with van der Waals surface area (Å²) in [4.78, 5) is 21.2. The summed E-state index contributed by atoms with van der Waals surface area (Å²) in [5, 5.41) is 1.04. The van der Waals surface area contributed by atoms with Crippen molar-refractivity contribution in [3.63, 3.8) is 0 Å². The second kappa shape index (κ2) is 6.14. The van der Waals surface area contributed by atoms with Gasteiger partial charge in [-0.2, -0.15) is 4.37 Å². The smallest absolute Gasteiger partial charge is 0.222 e. The molecular weight excluding hydrogens is 296 g/mol. The Kier molecular flexibility index (Phi) is 4.39. The van der Waals surface area contributed by atoms with Gasteiger partial charge in [-0.3, -0.25) is 4.79 Å². The Bertz CT molecular complexity index is 528. The van der Waals surface area contributed by atoms with Gasteiger partial charge in [-0.25, -0.2) is 4.98 Å². The zero-order valence-corrected chi connectivity index (χ0v) is 14.7. The molecule has 0 aromatic carbocycles. The Morgan fingerprint density at radius 2 is 1.86 bits per heavy atom. The highest BCUT2D eigenvalue weighted by atomic mass is 32.1. The van der Waals surface area contributed by atoms with Gasteiger partial charge in [0.2, 0.25) is 11.0 Å². The predicted octanol–water partition coefficient (Wildman–Crippen LogP) is 2.82. The maximum absolute atomic E-state index is 12.1. The van der Waals surface area contributed by atoms with E-state index in [-0.39, 0.29) is 5.41 Å². The van der Waals surface area contributed by atoms with Crippen LogP contribution in [0, 0.1) is 0 Å².